The number of amides is 1. The Morgan fingerprint density at radius 3 is 2.62 bits per heavy atom. The molecule has 172 valence electrons. The second-order valence-corrected chi connectivity index (χ2v) is 8.91. The highest BCUT2D eigenvalue weighted by Crippen LogP contribution is 2.43. The molecule has 7 nitrogen and oxygen atoms in total. The number of aryl methyl sites for hydroxylation is 2. The van der Waals surface area contributed by atoms with Gasteiger partial charge in [-0.2, -0.15) is 0 Å². The number of nitrogens with zero attached hydrogens (tertiary/aromatic N) is 2. The predicted molar refractivity (Wildman–Crippen MR) is 125 cm³/mol. The molecule has 0 saturated carbocycles. The average Bonchev–Trinajstić information content (AvgIpc) is 3.33. The van der Waals surface area contributed by atoms with E-state index in [1.54, 1.807) is 32.0 Å². The lowest BCUT2D eigenvalue weighted by atomic mass is 9.98. The number of ether oxygens (including phenoxy) is 1. The first-order valence-electron chi connectivity index (χ1n) is 10.6. The minimum absolute atomic E-state index is 0.0961. The largest absolute Gasteiger partial charge is 0.462 e. The number of hydrogen-bond acceptors (Lipinski definition) is 7. The number of aromatic nitrogens is 1. The maximum atomic E-state index is 13.7. The van der Waals surface area contributed by atoms with Gasteiger partial charge in [-0.15, -0.1) is 0 Å². The Hall–Kier alpha value is -3.85. The molecule has 1 atom stereocenters. The van der Waals surface area contributed by atoms with E-state index in [0.29, 0.717) is 22.2 Å². The molecule has 3 heterocycles. The summed E-state index contributed by atoms with van der Waals surface area (Å²) in [5.41, 5.74) is 1.89. The van der Waals surface area contributed by atoms with Gasteiger partial charge in [0.05, 0.1) is 29.3 Å². The van der Waals surface area contributed by atoms with Crippen molar-refractivity contribution in [3.63, 3.8) is 0 Å². The molecule has 0 bridgehead atoms. The molecule has 0 unspecified atom stereocenters. The Balaban J connectivity index is 1.75. The van der Waals surface area contributed by atoms with Gasteiger partial charge in [0.1, 0.15) is 16.3 Å². The lowest BCUT2D eigenvalue weighted by Gasteiger charge is -2.22. The molecule has 1 aliphatic heterocycles. The van der Waals surface area contributed by atoms with Crippen molar-refractivity contribution >= 4 is 39.3 Å². The van der Waals surface area contributed by atoms with Crippen LogP contribution in [-0.2, 0) is 4.74 Å². The smallest absolute Gasteiger partial charge is 0.350 e. The van der Waals surface area contributed by atoms with Crippen molar-refractivity contribution in [3.05, 3.63) is 91.5 Å². The molecule has 2 aromatic heterocycles. The number of fused-ring (bicyclic) bond motifs is 2. The fraction of sp³-hybridized carbons (Fsp3) is 0.200. The SMILES string of the molecule is CCOC(=O)c1sc(N2C(=O)c3oc4ccc(C)cc4c(=O)c3[C@H]2c2ccc(F)cc2)nc1C. The van der Waals surface area contributed by atoms with E-state index in [2.05, 4.69) is 4.98 Å². The lowest BCUT2D eigenvalue weighted by molar-refractivity contribution is 0.0531. The van der Waals surface area contributed by atoms with Crippen molar-refractivity contribution in [2.45, 2.75) is 26.8 Å². The average molecular weight is 479 g/mol. The standard InChI is InChI=1S/C25H19FN2O5S/c1-4-32-24(31)22-13(3)27-25(34-22)28-19(14-6-8-15(26)9-7-14)18-20(29)16-11-12(2)5-10-17(16)33-21(18)23(28)30/h5-11,19H,4H2,1-3H3/t19-/m1/s1. The molecule has 1 aliphatic rings. The maximum Gasteiger partial charge on any atom is 0.350 e. The molecule has 0 N–H and O–H groups in total. The highest BCUT2D eigenvalue weighted by atomic mass is 32.1. The van der Waals surface area contributed by atoms with Crippen LogP contribution >= 0.6 is 11.3 Å². The van der Waals surface area contributed by atoms with E-state index in [1.165, 1.54) is 29.2 Å². The number of anilines is 1. The second-order valence-electron chi connectivity index (χ2n) is 7.93. The first kappa shape index (κ1) is 22.0. The Kier molecular flexibility index (Phi) is 5.28. The van der Waals surface area contributed by atoms with Crippen molar-refractivity contribution in [1.82, 2.24) is 4.98 Å². The second kappa shape index (κ2) is 8.18. The molecule has 0 spiro atoms. The monoisotopic (exact) mass is 478 g/mol. The van der Waals surface area contributed by atoms with Crippen molar-refractivity contribution < 1.29 is 23.1 Å². The number of benzene rings is 2. The quantitative estimate of drug-likeness (QED) is 0.386. The molecule has 4 aromatic rings. The molecule has 5 rings (SSSR count). The molecule has 9 heteroatoms. The van der Waals surface area contributed by atoms with Crippen LogP contribution in [0.4, 0.5) is 9.52 Å². The summed E-state index contributed by atoms with van der Waals surface area (Å²) < 4.78 is 24.7. The highest BCUT2D eigenvalue weighted by molar-refractivity contribution is 7.17. The van der Waals surface area contributed by atoms with Gasteiger partial charge in [0.25, 0.3) is 5.91 Å². The highest BCUT2D eigenvalue weighted by Gasteiger charge is 2.45. The minimum atomic E-state index is -0.898. The van der Waals surface area contributed by atoms with Gasteiger partial charge in [0, 0.05) is 0 Å². The molecule has 1 amide bonds. The zero-order valence-electron chi connectivity index (χ0n) is 18.5. The number of esters is 1. The summed E-state index contributed by atoms with van der Waals surface area (Å²) in [6, 6.07) is 9.82. The van der Waals surface area contributed by atoms with Gasteiger partial charge in [-0.05, 0) is 50.6 Å². The molecule has 0 saturated heterocycles. The Bertz CT molecular complexity index is 1520. The fourth-order valence-corrected chi connectivity index (χ4v) is 5.10. The predicted octanol–water partition coefficient (Wildman–Crippen LogP) is 4.93. The van der Waals surface area contributed by atoms with Crippen LogP contribution < -0.4 is 10.3 Å². The maximum absolute atomic E-state index is 13.7. The molecule has 2 aromatic carbocycles. The third kappa shape index (κ3) is 3.40. The first-order valence-corrected chi connectivity index (χ1v) is 11.4. The molecule has 0 aliphatic carbocycles. The Morgan fingerprint density at radius 2 is 1.91 bits per heavy atom. The topological polar surface area (TPSA) is 89.7 Å². The summed E-state index contributed by atoms with van der Waals surface area (Å²) in [5.74, 6) is -1.65. The van der Waals surface area contributed by atoms with Gasteiger partial charge >= 0.3 is 5.97 Å². The zero-order chi connectivity index (χ0) is 24.1. The molecule has 0 radical (unpaired) electrons. The number of rotatable bonds is 4. The van der Waals surface area contributed by atoms with E-state index in [0.717, 1.165) is 16.9 Å². The third-order valence-electron chi connectivity index (χ3n) is 5.66. The number of halogens is 1. The van der Waals surface area contributed by atoms with Gasteiger partial charge in [0.2, 0.25) is 5.76 Å². The third-order valence-corrected chi connectivity index (χ3v) is 6.80. The van der Waals surface area contributed by atoms with Gasteiger partial charge in [-0.1, -0.05) is 35.1 Å². The van der Waals surface area contributed by atoms with Gasteiger partial charge < -0.3 is 9.15 Å². The van der Waals surface area contributed by atoms with Gasteiger partial charge in [-0.3, -0.25) is 14.5 Å². The Morgan fingerprint density at radius 1 is 1.18 bits per heavy atom. The van der Waals surface area contributed by atoms with Gasteiger partial charge in [0.15, 0.2) is 10.6 Å². The summed E-state index contributed by atoms with van der Waals surface area (Å²) in [4.78, 5) is 45.6. The van der Waals surface area contributed by atoms with Crippen LogP contribution in [0.15, 0.2) is 51.7 Å². The van der Waals surface area contributed by atoms with Crippen LogP contribution in [0.2, 0.25) is 0 Å². The number of carbonyl (C=O) groups is 2. The molecular formula is C25H19FN2O5S. The number of thiazole rings is 1. The van der Waals surface area contributed by atoms with Crippen molar-refractivity contribution in [1.29, 1.82) is 0 Å². The van der Waals surface area contributed by atoms with E-state index < -0.39 is 23.7 Å². The van der Waals surface area contributed by atoms with Crippen molar-refractivity contribution in [2.75, 3.05) is 11.5 Å². The first-order chi connectivity index (χ1) is 16.3. The number of hydrogen-bond donors (Lipinski definition) is 0. The van der Waals surface area contributed by atoms with Crippen molar-refractivity contribution in [3.8, 4) is 0 Å². The summed E-state index contributed by atoms with van der Waals surface area (Å²) in [7, 11) is 0. The van der Waals surface area contributed by atoms with E-state index in [1.807, 2.05) is 6.92 Å². The van der Waals surface area contributed by atoms with Crippen LogP contribution in [0.1, 0.15) is 55.6 Å². The van der Waals surface area contributed by atoms with Crippen LogP contribution in [0.3, 0.4) is 0 Å². The van der Waals surface area contributed by atoms with Crippen LogP contribution in [0.25, 0.3) is 11.0 Å². The summed E-state index contributed by atoms with van der Waals surface area (Å²) >= 11 is 0.995. The summed E-state index contributed by atoms with van der Waals surface area (Å²) in [6.07, 6.45) is 0. The lowest BCUT2D eigenvalue weighted by Crippen LogP contribution is -2.29. The summed E-state index contributed by atoms with van der Waals surface area (Å²) in [6.45, 7) is 5.40. The normalized spacial score (nSPS) is 15.1. The summed E-state index contributed by atoms with van der Waals surface area (Å²) in [5, 5.41) is 0.564. The van der Waals surface area contributed by atoms with E-state index >= 15 is 0 Å². The van der Waals surface area contributed by atoms with Crippen molar-refractivity contribution in [2.24, 2.45) is 0 Å². The van der Waals surface area contributed by atoms with E-state index in [4.69, 9.17) is 9.15 Å². The van der Waals surface area contributed by atoms with E-state index in [9.17, 15) is 18.8 Å². The molecular weight excluding hydrogens is 459 g/mol. The molecule has 0 fully saturated rings. The van der Waals surface area contributed by atoms with Crippen LogP contribution in [0, 0.1) is 19.7 Å². The molecule has 34 heavy (non-hydrogen) atoms. The van der Waals surface area contributed by atoms with E-state index in [-0.39, 0.29) is 33.4 Å². The minimum Gasteiger partial charge on any atom is -0.462 e. The van der Waals surface area contributed by atoms with Gasteiger partial charge in [-0.25, -0.2) is 14.2 Å². The van der Waals surface area contributed by atoms with Crippen LogP contribution in [-0.4, -0.2) is 23.5 Å². The Labute approximate surface area is 197 Å². The fourth-order valence-electron chi connectivity index (χ4n) is 4.12. The zero-order valence-corrected chi connectivity index (χ0v) is 19.4. The van der Waals surface area contributed by atoms with Crippen LogP contribution in [0.5, 0.6) is 0 Å². The number of carbonyl (C=O) groups excluding carboxylic acids is 2.